The minimum atomic E-state index is -3.40. The maximum Gasteiger partial charge on any atom is 0.185 e. The van der Waals surface area contributed by atoms with E-state index < -0.39 is 15.1 Å². The highest BCUT2D eigenvalue weighted by molar-refractivity contribution is 7.92. The first-order valence-corrected chi connectivity index (χ1v) is 8.62. The zero-order valence-electron chi connectivity index (χ0n) is 12.1. The van der Waals surface area contributed by atoms with Gasteiger partial charge in [-0.25, -0.2) is 8.42 Å². The Kier molecular flexibility index (Phi) is 4.70. The molecular weight excluding hydrogens is 274 g/mol. The first-order chi connectivity index (χ1) is 9.50. The highest BCUT2D eigenvalue weighted by Crippen LogP contribution is 2.37. The Labute approximate surface area is 121 Å². The van der Waals surface area contributed by atoms with Gasteiger partial charge in [-0.2, -0.15) is 0 Å². The number of methoxy groups -OCH3 is 1. The van der Waals surface area contributed by atoms with Crippen molar-refractivity contribution in [2.24, 2.45) is 17.6 Å². The average Bonchev–Trinajstić information content (AvgIpc) is 2.47. The van der Waals surface area contributed by atoms with Gasteiger partial charge in [-0.1, -0.05) is 25.5 Å². The van der Waals surface area contributed by atoms with E-state index in [1.807, 2.05) is 0 Å². The van der Waals surface area contributed by atoms with E-state index in [2.05, 4.69) is 6.92 Å². The van der Waals surface area contributed by atoms with E-state index in [1.54, 1.807) is 24.3 Å². The molecular formula is C15H23NO3S. The predicted molar refractivity (Wildman–Crippen MR) is 79.5 cm³/mol. The molecule has 0 radical (unpaired) electrons. The van der Waals surface area contributed by atoms with E-state index >= 15 is 0 Å². The van der Waals surface area contributed by atoms with E-state index in [0.717, 1.165) is 12.8 Å². The highest BCUT2D eigenvalue weighted by Gasteiger charge is 2.39. The topological polar surface area (TPSA) is 69.4 Å². The zero-order chi connectivity index (χ0) is 14.8. The highest BCUT2D eigenvalue weighted by atomic mass is 32.2. The van der Waals surface area contributed by atoms with Gasteiger partial charge in [-0.3, -0.25) is 0 Å². The molecule has 20 heavy (non-hydrogen) atoms. The minimum absolute atomic E-state index is 0.0427. The molecule has 1 aromatic carbocycles. The summed E-state index contributed by atoms with van der Waals surface area (Å²) in [6, 6.07) is 6.83. The average molecular weight is 297 g/mol. The molecule has 1 aliphatic carbocycles. The third-order valence-corrected chi connectivity index (χ3v) is 6.59. The third-order valence-electron chi connectivity index (χ3n) is 4.27. The van der Waals surface area contributed by atoms with Crippen LogP contribution in [-0.4, -0.2) is 27.3 Å². The van der Waals surface area contributed by atoms with Gasteiger partial charge in [0.25, 0.3) is 0 Å². The predicted octanol–water partition coefficient (Wildman–Crippen LogP) is 2.23. The van der Waals surface area contributed by atoms with Crippen LogP contribution in [-0.2, 0) is 9.84 Å². The van der Waals surface area contributed by atoms with E-state index in [0.29, 0.717) is 29.5 Å². The summed E-state index contributed by atoms with van der Waals surface area (Å²) in [6.45, 7) is 2.53. The molecule has 0 aromatic heterocycles. The van der Waals surface area contributed by atoms with E-state index in [4.69, 9.17) is 10.5 Å². The Morgan fingerprint density at radius 2 is 2.00 bits per heavy atom. The molecule has 1 fully saturated rings. The monoisotopic (exact) mass is 297 g/mol. The van der Waals surface area contributed by atoms with Crippen molar-refractivity contribution in [1.29, 1.82) is 0 Å². The van der Waals surface area contributed by atoms with Crippen LogP contribution in [0.1, 0.15) is 26.2 Å². The molecule has 4 nitrogen and oxygen atoms in total. The standard InChI is InChI=1S/C15H23NO3S/c1-11-7-8-12(10-16)15(9-11)20(17,18)14-6-4-3-5-13(14)19-2/h3-6,11-12,15H,7-10,16H2,1-2H3. The molecule has 112 valence electrons. The van der Waals surface area contributed by atoms with Crippen LogP contribution in [0.4, 0.5) is 0 Å². The van der Waals surface area contributed by atoms with Gasteiger partial charge in [0.15, 0.2) is 9.84 Å². The summed E-state index contributed by atoms with van der Waals surface area (Å²) < 4.78 is 31.1. The summed E-state index contributed by atoms with van der Waals surface area (Å²) in [5, 5.41) is -0.396. The van der Waals surface area contributed by atoms with Crippen LogP contribution in [0.15, 0.2) is 29.2 Å². The number of sulfone groups is 1. The van der Waals surface area contributed by atoms with Crippen LogP contribution in [0.2, 0.25) is 0 Å². The summed E-state index contributed by atoms with van der Waals surface area (Å²) in [5.41, 5.74) is 5.79. The Balaban J connectivity index is 2.42. The number of para-hydroxylation sites is 1. The van der Waals surface area contributed by atoms with Gasteiger partial charge < -0.3 is 10.5 Å². The summed E-state index contributed by atoms with van der Waals surface area (Å²) in [5.74, 6) is 0.884. The minimum Gasteiger partial charge on any atom is -0.495 e. The number of hydrogen-bond acceptors (Lipinski definition) is 4. The van der Waals surface area contributed by atoms with Crippen molar-refractivity contribution >= 4 is 9.84 Å². The van der Waals surface area contributed by atoms with Gasteiger partial charge in [-0.15, -0.1) is 0 Å². The van der Waals surface area contributed by atoms with Crippen molar-refractivity contribution in [3.63, 3.8) is 0 Å². The van der Waals surface area contributed by atoms with E-state index in [9.17, 15) is 8.42 Å². The second kappa shape index (κ2) is 6.14. The number of benzene rings is 1. The van der Waals surface area contributed by atoms with Crippen molar-refractivity contribution in [2.45, 2.75) is 36.3 Å². The normalized spacial score (nSPS) is 27.2. The van der Waals surface area contributed by atoms with Gasteiger partial charge in [0.05, 0.1) is 12.4 Å². The van der Waals surface area contributed by atoms with Crippen molar-refractivity contribution in [1.82, 2.24) is 0 Å². The largest absolute Gasteiger partial charge is 0.495 e. The Hall–Kier alpha value is -1.07. The first-order valence-electron chi connectivity index (χ1n) is 7.07. The molecule has 3 atom stereocenters. The molecule has 0 saturated heterocycles. The second-order valence-corrected chi connectivity index (χ2v) is 7.78. The summed E-state index contributed by atoms with van der Waals surface area (Å²) in [6.07, 6.45) is 2.62. The van der Waals surface area contributed by atoms with Crippen LogP contribution >= 0.6 is 0 Å². The van der Waals surface area contributed by atoms with Crippen LogP contribution in [0, 0.1) is 11.8 Å². The Bertz CT molecular complexity index is 556. The lowest BCUT2D eigenvalue weighted by Gasteiger charge is -2.34. The summed E-state index contributed by atoms with van der Waals surface area (Å²) >= 11 is 0. The van der Waals surface area contributed by atoms with Gasteiger partial charge in [0.2, 0.25) is 0 Å². The molecule has 1 aromatic rings. The first kappa shape index (κ1) is 15.3. The second-order valence-electron chi connectivity index (χ2n) is 5.65. The Morgan fingerprint density at radius 3 is 2.65 bits per heavy atom. The zero-order valence-corrected chi connectivity index (χ0v) is 12.9. The fourth-order valence-electron chi connectivity index (χ4n) is 3.06. The number of rotatable bonds is 4. The SMILES string of the molecule is COc1ccccc1S(=O)(=O)C1CC(C)CCC1CN. The molecule has 3 unspecified atom stereocenters. The maximum atomic E-state index is 12.9. The van der Waals surface area contributed by atoms with Crippen molar-refractivity contribution < 1.29 is 13.2 Å². The maximum absolute atomic E-state index is 12.9. The fourth-order valence-corrected chi connectivity index (χ4v) is 5.42. The number of ether oxygens (including phenoxy) is 1. The molecule has 1 aliphatic rings. The molecule has 0 spiro atoms. The molecule has 2 N–H and O–H groups in total. The molecule has 0 aliphatic heterocycles. The summed E-state index contributed by atoms with van der Waals surface area (Å²) in [4.78, 5) is 0.292. The van der Waals surface area contributed by atoms with E-state index in [-0.39, 0.29) is 5.92 Å². The fraction of sp³-hybridized carbons (Fsp3) is 0.600. The number of hydrogen-bond donors (Lipinski definition) is 1. The lowest BCUT2D eigenvalue weighted by molar-refractivity contribution is 0.296. The molecule has 5 heteroatoms. The quantitative estimate of drug-likeness (QED) is 0.925. The molecule has 0 bridgehead atoms. The van der Waals surface area contributed by atoms with Gasteiger partial charge in [0, 0.05) is 0 Å². The van der Waals surface area contributed by atoms with Crippen molar-refractivity contribution in [2.75, 3.05) is 13.7 Å². The molecule has 1 saturated carbocycles. The van der Waals surface area contributed by atoms with Crippen LogP contribution in [0.5, 0.6) is 5.75 Å². The summed E-state index contributed by atoms with van der Waals surface area (Å²) in [7, 11) is -1.91. The third kappa shape index (κ3) is 2.83. The molecule has 0 heterocycles. The van der Waals surface area contributed by atoms with Gasteiger partial charge in [0.1, 0.15) is 10.6 Å². The van der Waals surface area contributed by atoms with Crippen LogP contribution in [0.3, 0.4) is 0 Å². The number of nitrogens with two attached hydrogens (primary N) is 1. The lowest BCUT2D eigenvalue weighted by Crippen LogP contribution is -2.39. The smallest absolute Gasteiger partial charge is 0.185 e. The lowest BCUT2D eigenvalue weighted by atomic mass is 9.82. The van der Waals surface area contributed by atoms with Gasteiger partial charge in [-0.05, 0) is 43.4 Å². The van der Waals surface area contributed by atoms with Gasteiger partial charge >= 0.3 is 0 Å². The van der Waals surface area contributed by atoms with Crippen LogP contribution in [0.25, 0.3) is 0 Å². The Morgan fingerprint density at radius 1 is 1.30 bits per heavy atom. The molecule has 0 amide bonds. The molecule has 2 rings (SSSR count). The van der Waals surface area contributed by atoms with Crippen LogP contribution < -0.4 is 10.5 Å². The van der Waals surface area contributed by atoms with E-state index in [1.165, 1.54) is 7.11 Å². The van der Waals surface area contributed by atoms with Crippen molar-refractivity contribution in [3.05, 3.63) is 24.3 Å². The van der Waals surface area contributed by atoms with Crippen molar-refractivity contribution in [3.8, 4) is 5.75 Å².